The third-order valence-electron chi connectivity index (χ3n) is 3.22. The predicted molar refractivity (Wildman–Crippen MR) is 84.4 cm³/mol. The molecule has 1 aromatic rings. The first kappa shape index (κ1) is 17.0. The fraction of sp³-hybridized carbons (Fsp3) is 0.647. The highest BCUT2D eigenvalue weighted by atomic mass is 16.5. The van der Waals surface area contributed by atoms with Crippen molar-refractivity contribution in [3.63, 3.8) is 0 Å². The lowest BCUT2D eigenvalue weighted by atomic mass is 10.1. The van der Waals surface area contributed by atoms with Gasteiger partial charge in [-0.2, -0.15) is 0 Å². The molecule has 0 aromatic heterocycles. The zero-order valence-corrected chi connectivity index (χ0v) is 13.2. The van der Waals surface area contributed by atoms with E-state index in [2.05, 4.69) is 31.3 Å². The van der Waals surface area contributed by atoms with Crippen LogP contribution in [0.15, 0.2) is 24.3 Å². The summed E-state index contributed by atoms with van der Waals surface area (Å²) >= 11 is 0. The molecule has 0 aliphatic carbocycles. The summed E-state index contributed by atoms with van der Waals surface area (Å²) in [6, 6.07) is 8.41. The number of hydrogen-bond donors (Lipinski definition) is 1. The first-order valence-corrected chi connectivity index (χ1v) is 7.86. The van der Waals surface area contributed by atoms with Gasteiger partial charge in [0.1, 0.15) is 5.75 Å². The molecule has 1 N–H and O–H groups in total. The second-order valence-corrected chi connectivity index (χ2v) is 4.86. The van der Waals surface area contributed by atoms with Crippen LogP contribution in [0.5, 0.6) is 5.75 Å². The normalized spacial score (nSPS) is 12.3. The Morgan fingerprint density at radius 1 is 1.10 bits per heavy atom. The summed E-state index contributed by atoms with van der Waals surface area (Å²) in [5, 5.41) is 3.48. The molecule has 0 saturated heterocycles. The summed E-state index contributed by atoms with van der Waals surface area (Å²) in [6.45, 7) is 9.48. The Balaban J connectivity index is 2.60. The van der Waals surface area contributed by atoms with Gasteiger partial charge in [-0.25, -0.2) is 0 Å². The van der Waals surface area contributed by atoms with Gasteiger partial charge in [0.2, 0.25) is 0 Å². The number of ether oxygens (including phenoxy) is 2. The number of rotatable bonds is 11. The zero-order chi connectivity index (χ0) is 14.6. The van der Waals surface area contributed by atoms with Crippen molar-refractivity contribution in [2.45, 2.75) is 46.1 Å². The number of hydrogen-bond acceptors (Lipinski definition) is 3. The van der Waals surface area contributed by atoms with Crippen molar-refractivity contribution in [2.24, 2.45) is 0 Å². The fourth-order valence-corrected chi connectivity index (χ4v) is 2.22. The summed E-state index contributed by atoms with van der Waals surface area (Å²) in [7, 11) is 0. The van der Waals surface area contributed by atoms with Crippen LogP contribution < -0.4 is 10.1 Å². The van der Waals surface area contributed by atoms with Crippen molar-refractivity contribution in [1.82, 2.24) is 5.32 Å². The predicted octanol–water partition coefficient (Wildman–Crippen LogP) is 3.94. The number of benzene rings is 1. The molecule has 114 valence electrons. The van der Waals surface area contributed by atoms with E-state index in [9.17, 15) is 0 Å². The van der Waals surface area contributed by atoms with E-state index in [0.717, 1.165) is 25.3 Å². The molecule has 0 spiro atoms. The maximum Gasteiger partial charge on any atom is 0.124 e. The molecule has 20 heavy (non-hydrogen) atoms. The van der Waals surface area contributed by atoms with E-state index in [1.54, 1.807) is 0 Å². The average molecular weight is 279 g/mol. The van der Waals surface area contributed by atoms with Crippen LogP contribution >= 0.6 is 0 Å². The van der Waals surface area contributed by atoms with Crippen molar-refractivity contribution in [3.8, 4) is 5.75 Å². The van der Waals surface area contributed by atoms with Gasteiger partial charge in [-0.05, 0) is 26.0 Å². The van der Waals surface area contributed by atoms with Crippen molar-refractivity contribution in [3.05, 3.63) is 29.8 Å². The quantitative estimate of drug-likeness (QED) is 0.622. The largest absolute Gasteiger partial charge is 0.494 e. The molecule has 1 atom stereocenters. The van der Waals surface area contributed by atoms with Gasteiger partial charge in [0.15, 0.2) is 0 Å². The van der Waals surface area contributed by atoms with Crippen LogP contribution in [0.2, 0.25) is 0 Å². The molecular weight excluding hydrogens is 250 g/mol. The van der Waals surface area contributed by atoms with Crippen molar-refractivity contribution < 1.29 is 9.47 Å². The van der Waals surface area contributed by atoms with Gasteiger partial charge in [0.25, 0.3) is 0 Å². The lowest BCUT2D eigenvalue weighted by Crippen LogP contribution is -2.26. The monoisotopic (exact) mass is 279 g/mol. The van der Waals surface area contributed by atoms with Crippen molar-refractivity contribution in [2.75, 3.05) is 26.4 Å². The minimum atomic E-state index is 0.198. The van der Waals surface area contributed by atoms with Crippen molar-refractivity contribution in [1.29, 1.82) is 0 Å². The first-order chi connectivity index (χ1) is 9.83. The Hall–Kier alpha value is -1.06. The highest BCUT2D eigenvalue weighted by Gasteiger charge is 2.15. The van der Waals surface area contributed by atoms with Crippen LogP contribution in [-0.2, 0) is 4.74 Å². The Bertz CT molecular complexity index is 355. The summed E-state index contributed by atoms with van der Waals surface area (Å²) in [4.78, 5) is 0. The number of nitrogens with one attached hydrogen (secondary N) is 1. The van der Waals surface area contributed by atoms with E-state index in [1.165, 1.54) is 18.4 Å². The summed E-state index contributed by atoms with van der Waals surface area (Å²) in [6.07, 6.45) is 3.61. The summed E-state index contributed by atoms with van der Waals surface area (Å²) in [5.74, 6) is 0.957. The molecule has 3 nitrogen and oxygen atoms in total. The van der Waals surface area contributed by atoms with Crippen LogP contribution in [0.4, 0.5) is 0 Å². The second-order valence-electron chi connectivity index (χ2n) is 4.86. The molecule has 1 unspecified atom stereocenters. The Morgan fingerprint density at radius 3 is 2.60 bits per heavy atom. The maximum atomic E-state index is 5.82. The zero-order valence-electron chi connectivity index (χ0n) is 13.2. The minimum absolute atomic E-state index is 0.198. The average Bonchev–Trinajstić information content (AvgIpc) is 2.47. The highest BCUT2D eigenvalue weighted by Crippen LogP contribution is 2.25. The molecule has 0 heterocycles. The SMILES string of the molecule is CCCCCOCC(NCC)c1ccccc1OCC. The highest BCUT2D eigenvalue weighted by molar-refractivity contribution is 5.36. The molecule has 0 aliphatic rings. The molecule has 0 amide bonds. The van der Waals surface area contributed by atoms with Crippen LogP contribution in [-0.4, -0.2) is 26.4 Å². The summed E-state index contributed by atoms with van der Waals surface area (Å²) < 4.78 is 11.5. The molecule has 0 fully saturated rings. The van der Waals surface area contributed by atoms with E-state index >= 15 is 0 Å². The number of likely N-dealkylation sites (N-methyl/N-ethyl adjacent to an activating group) is 1. The van der Waals surface area contributed by atoms with E-state index in [-0.39, 0.29) is 6.04 Å². The van der Waals surface area contributed by atoms with Gasteiger partial charge in [-0.1, -0.05) is 44.9 Å². The smallest absolute Gasteiger partial charge is 0.124 e. The molecule has 1 aromatic carbocycles. The Labute approximate surface area is 123 Å². The maximum absolute atomic E-state index is 5.82. The van der Waals surface area contributed by atoms with Crippen molar-refractivity contribution >= 4 is 0 Å². The van der Waals surface area contributed by atoms with Gasteiger partial charge < -0.3 is 14.8 Å². The number of unbranched alkanes of at least 4 members (excludes halogenated alkanes) is 2. The van der Waals surface area contributed by atoms with Gasteiger partial charge in [0, 0.05) is 12.2 Å². The van der Waals surface area contributed by atoms with E-state index in [4.69, 9.17) is 9.47 Å². The van der Waals surface area contributed by atoms with Gasteiger partial charge in [-0.3, -0.25) is 0 Å². The Kier molecular flexibility index (Phi) is 9.09. The first-order valence-electron chi connectivity index (χ1n) is 7.86. The van der Waals surface area contributed by atoms with Crippen LogP contribution in [0.25, 0.3) is 0 Å². The Morgan fingerprint density at radius 2 is 1.90 bits per heavy atom. The molecule has 0 bridgehead atoms. The molecule has 0 radical (unpaired) electrons. The third kappa shape index (κ3) is 5.93. The van der Waals surface area contributed by atoms with Gasteiger partial charge in [0.05, 0.1) is 19.3 Å². The van der Waals surface area contributed by atoms with Crippen LogP contribution in [0.1, 0.15) is 51.6 Å². The molecule has 0 saturated carbocycles. The second kappa shape index (κ2) is 10.7. The third-order valence-corrected chi connectivity index (χ3v) is 3.22. The molecule has 0 aliphatic heterocycles. The molecular formula is C17H29NO2. The lowest BCUT2D eigenvalue weighted by Gasteiger charge is -2.21. The van der Waals surface area contributed by atoms with E-state index in [1.807, 2.05) is 19.1 Å². The molecule has 1 rings (SSSR count). The van der Waals surface area contributed by atoms with Crippen LogP contribution in [0.3, 0.4) is 0 Å². The standard InChI is InChI=1S/C17H29NO2/c1-4-7-10-13-19-14-16(18-5-2)15-11-8-9-12-17(15)20-6-3/h8-9,11-12,16,18H,4-7,10,13-14H2,1-3H3. The van der Waals surface area contributed by atoms with E-state index in [0.29, 0.717) is 13.2 Å². The van der Waals surface area contributed by atoms with Gasteiger partial charge >= 0.3 is 0 Å². The minimum Gasteiger partial charge on any atom is -0.494 e. The van der Waals surface area contributed by atoms with Crippen LogP contribution in [0, 0.1) is 0 Å². The summed E-state index contributed by atoms with van der Waals surface area (Å²) in [5.41, 5.74) is 1.19. The fourth-order valence-electron chi connectivity index (χ4n) is 2.22. The number of para-hydroxylation sites is 1. The molecule has 3 heteroatoms. The topological polar surface area (TPSA) is 30.5 Å². The van der Waals surface area contributed by atoms with Gasteiger partial charge in [-0.15, -0.1) is 0 Å². The lowest BCUT2D eigenvalue weighted by molar-refractivity contribution is 0.107. The van der Waals surface area contributed by atoms with E-state index < -0.39 is 0 Å².